The third kappa shape index (κ3) is 2.71. The maximum atomic E-state index is 12.8. The fraction of sp³-hybridized carbons (Fsp3) is 0.316. The van der Waals surface area contributed by atoms with Gasteiger partial charge in [0, 0.05) is 0 Å². The zero-order chi connectivity index (χ0) is 14.7. The molecule has 0 aromatic heterocycles. The first-order valence-electron chi connectivity index (χ1n) is 7.66. The van der Waals surface area contributed by atoms with Crippen LogP contribution < -0.4 is 4.74 Å². The van der Waals surface area contributed by atoms with Crippen molar-refractivity contribution in [3.8, 4) is 5.75 Å². The van der Waals surface area contributed by atoms with Gasteiger partial charge in [0.1, 0.15) is 11.9 Å². The normalized spacial score (nSPS) is 20.7. The number of hydrogen-bond donors (Lipinski definition) is 0. The number of rotatable bonds is 4. The minimum atomic E-state index is -0.167. The van der Waals surface area contributed by atoms with E-state index in [2.05, 4.69) is 6.92 Å². The van der Waals surface area contributed by atoms with Crippen LogP contribution in [0.5, 0.6) is 5.75 Å². The number of ether oxygens (including phenoxy) is 1. The van der Waals surface area contributed by atoms with Crippen molar-refractivity contribution >= 4 is 5.78 Å². The molecule has 0 fully saturated rings. The zero-order valence-corrected chi connectivity index (χ0v) is 12.3. The molecule has 2 nitrogen and oxygen atoms in total. The van der Waals surface area contributed by atoms with Crippen LogP contribution in [0.2, 0.25) is 0 Å². The van der Waals surface area contributed by atoms with Crippen LogP contribution in [-0.2, 0) is 0 Å². The summed E-state index contributed by atoms with van der Waals surface area (Å²) in [6.07, 6.45) is 2.85. The predicted octanol–water partition coefficient (Wildman–Crippen LogP) is 4.81. The monoisotopic (exact) mass is 280 g/mol. The molecule has 21 heavy (non-hydrogen) atoms. The van der Waals surface area contributed by atoms with E-state index in [1.54, 1.807) is 0 Å². The highest BCUT2D eigenvalue weighted by molar-refractivity contribution is 6.01. The fourth-order valence-corrected chi connectivity index (χ4v) is 2.98. The van der Waals surface area contributed by atoms with E-state index in [0.29, 0.717) is 5.75 Å². The van der Waals surface area contributed by atoms with Gasteiger partial charge in [0.05, 0.1) is 11.5 Å². The van der Waals surface area contributed by atoms with E-state index in [4.69, 9.17) is 4.74 Å². The molecule has 0 N–H and O–H groups in total. The van der Waals surface area contributed by atoms with Crippen molar-refractivity contribution < 1.29 is 9.53 Å². The maximum absolute atomic E-state index is 12.8. The molecular weight excluding hydrogens is 260 g/mol. The van der Waals surface area contributed by atoms with Crippen LogP contribution in [-0.4, -0.2) is 5.78 Å². The van der Waals surface area contributed by atoms with Gasteiger partial charge < -0.3 is 4.74 Å². The van der Waals surface area contributed by atoms with Crippen molar-refractivity contribution in [1.82, 2.24) is 0 Å². The number of hydrogen-bond acceptors (Lipinski definition) is 2. The Morgan fingerprint density at radius 1 is 1.00 bits per heavy atom. The van der Waals surface area contributed by atoms with Crippen LogP contribution in [0, 0.1) is 5.92 Å². The summed E-state index contributed by atoms with van der Waals surface area (Å²) in [6.45, 7) is 2.15. The summed E-state index contributed by atoms with van der Waals surface area (Å²) in [7, 11) is 0. The summed E-state index contributed by atoms with van der Waals surface area (Å²) in [4.78, 5) is 12.8. The average molecular weight is 280 g/mol. The number of Topliss-reactive ketones (excluding diaryl/α,β-unsaturated/α-hetero) is 1. The Hall–Kier alpha value is -2.09. The molecule has 0 bridgehead atoms. The topological polar surface area (TPSA) is 26.3 Å². The molecular formula is C19H20O2. The molecule has 0 aliphatic carbocycles. The SMILES string of the molecule is CCCC[C@H]1C(=O)c2ccccc2O[C@H]1c1ccccc1. The van der Waals surface area contributed by atoms with Crippen molar-refractivity contribution in [2.45, 2.75) is 32.3 Å². The van der Waals surface area contributed by atoms with E-state index in [0.717, 1.165) is 30.4 Å². The summed E-state index contributed by atoms with van der Waals surface area (Å²) >= 11 is 0. The van der Waals surface area contributed by atoms with Crippen LogP contribution in [0.3, 0.4) is 0 Å². The highest BCUT2D eigenvalue weighted by Crippen LogP contribution is 2.40. The van der Waals surface area contributed by atoms with Gasteiger partial charge in [-0.2, -0.15) is 0 Å². The van der Waals surface area contributed by atoms with Crippen molar-refractivity contribution in [3.05, 3.63) is 65.7 Å². The first-order valence-corrected chi connectivity index (χ1v) is 7.66. The number of fused-ring (bicyclic) bond motifs is 1. The maximum Gasteiger partial charge on any atom is 0.173 e. The number of unbranched alkanes of at least 4 members (excludes halogenated alkanes) is 1. The number of carbonyl (C=O) groups excluding carboxylic acids is 1. The molecule has 2 aromatic carbocycles. The minimum Gasteiger partial charge on any atom is -0.484 e. The predicted molar refractivity (Wildman–Crippen MR) is 83.6 cm³/mol. The molecule has 2 atom stereocenters. The third-order valence-corrected chi connectivity index (χ3v) is 4.11. The van der Waals surface area contributed by atoms with Gasteiger partial charge in [-0.05, 0) is 24.1 Å². The Morgan fingerprint density at radius 3 is 2.48 bits per heavy atom. The summed E-state index contributed by atoms with van der Waals surface area (Å²) < 4.78 is 6.18. The molecule has 0 unspecified atom stereocenters. The van der Waals surface area contributed by atoms with E-state index in [1.165, 1.54) is 0 Å². The fourth-order valence-electron chi connectivity index (χ4n) is 2.98. The standard InChI is InChI=1S/C19H20O2/c1-2-3-11-16-18(20)15-12-7-8-13-17(15)21-19(16)14-9-5-4-6-10-14/h4-10,12-13,16,19H,2-3,11H2,1H3/t16-,19-/m0/s1. The van der Waals surface area contributed by atoms with Crippen LogP contribution in [0.15, 0.2) is 54.6 Å². The lowest BCUT2D eigenvalue weighted by atomic mass is 9.82. The lowest BCUT2D eigenvalue weighted by Gasteiger charge is -2.33. The molecule has 0 saturated heterocycles. The Morgan fingerprint density at radius 2 is 1.71 bits per heavy atom. The van der Waals surface area contributed by atoms with E-state index in [1.807, 2.05) is 54.6 Å². The quantitative estimate of drug-likeness (QED) is 0.803. The number of carbonyl (C=O) groups is 1. The molecule has 1 heterocycles. The van der Waals surface area contributed by atoms with Gasteiger partial charge in [-0.3, -0.25) is 4.79 Å². The molecule has 2 aromatic rings. The lowest BCUT2D eigenvalue weighted by molar-refractivity contribution is 0.0632. The van der Waals surface area contributed by atoms with Gasteiger partial charge >= 0.3 is 0 Å². The Balaban J connectivity index is 1.99. The second-order valence-corrected chi connectivity index (χ2v) is 5.56. The van der Waals surface area contributed by atoms with Gasteiger partial charge in [-0.15, -0.1) is 0 Å². The molecule has 1 aliphatic heterocycles. The van der Waals surface area contributed by atoms with Crippen LogP contribution >= 0.6 is 0 Å². The van der Waals surface area contributed by atoms with E-state index in [-0.39, 0.29) is 17.8 Å². The molecule has 0 spiro atoms. The first kappa shape index (κ1) is 13.9. The summed E-state index contributed by atoms with van der Waals surface area (Å²) in [5, 5.41) is 0. The minimum absolute atomic E-state index is 0.0813. The Labute approximate surface area is 125 Å². The lowest BCUT2D eigenvalue weighted by Crippen LogP contribution is -2.31. The van der Waals surface area contributed by atoms with Crippen molar-refractivity contribution in [1.29, 1.82) is 0 Å². The highest BCUT2D eigenvalue weighted by Gasteiger charge is 2.37. The Kier molecular flexibility index (Phi) is 4.05. The largest absolute Gasteiger partial charge is 0.484 e. The van der Waals surface area contributed by atoms with Gasteiger partial charge in [-0.1, -0.05) is 62.2 Å². The van der Waals surface area contributed by atoms with Crippen molar-refractivity contribution in [2.75, 3.05) is 0 Å². The molecule has 0 saturated carbocycles. The summed E-state index contributed by atoms with van der Waals surface area (Å²) in [5.41, 5.74) is 1.81. The summed E-state index contributed by atoms with van der Waals surface area (Å²) in [6, 6.07) is 17.7. The highest BCUT2D eigenvalue weighted by atomic mass is 16.5. The van der Waals surface area contributed by atoms with Crippen LogP contribution in [0.1, 0.15) is 48.2 Å². The zero-order valence-electron chi connectivity index (χ0n) is 12.3. The molecule has 108 valence electrons. The van der Waals surface area contributed by atoms with Gasteiger partial charge in [0.2, 0.25) is 0 Å². The number of para-hydroxylation sites is 1. The van der Waals surface area contributed by atoms with Crippen LogP contribution in [0.25, 0.3) is 0 Å². The molecule has 0 amide bonds. The molecule has 1 aliphatic rings. The van der Waals surface area contributed by atoms with E-state index < -0.39 is 0 Å². The van der Waals surface area contributed by atoms with Gasteiger partial charge in [-0.25, -0.2) is 0 Å². The molecule has 2 heteroatoms. The molecule has 3 rings (SSSR count). The smallest absolute Gasteiger partial charge is 0.173 e. The average Bonchev–Trinajstić information content (AvgIpc) is 2.55. The van der Waals surface area contributed by atoms with E-state index >= 15 is 0 Å². The molecule has 0 radical (unpaired) electrons. The summed E-state index contributed by atoms with van der Waals surface area (Å²) in [5.74, 6) is 0.852. The number of ketones is 1. The van der Waals surface area contributed by atoms with Crippen molar-refractivity contribution in [3.63, 3.8) is 0 Å². The second kappa shape index (κ2) is 6.13. The van der Waals surface area contributed by atoms with E-state index in [9.17, 15) is 4.79 Å². The second-order valence-electron chi connectivity index (χ2n) is 5.56. The van der Waals surface area contributed by atoms with Crippen LogP contribution in [0.4, 0.5) is 0 Å². The van der Waals surface area contributed by atoms with Gasteiger partial charge in [0.15, 0.2) is 5.78 Å². The Bertz CT molecular complexity index is 618. The third-order valence-electron chi connectivity index (χ3n) is 4.11. The van der Waals surface area contributed by atoms with Gasteiger partial charge in [0.25, 0.3) is 0 Å². The van der Waals surface area contributed by atoms with Crippen molar-refractivity contribution in [2.24, 2.45) is 5.92 Å². The first-order chi connectivity index (χ1) is 10.3. The number of benzene rings is 2.